The van der Waals surface area contributed by atoms with Crippen molar-refractivity contribution in [3.63, 3.8) is 0 Å². The highest BCUT2D eigenvalue weighted by molar-refractivity contribution is 5.49. The van der Waals surface area contributed by atoms with Gasteiger partial charge in [0, 0.05) is 18.9 Å². The molecule has 0 aromatic heterocycles. The van der Waals surface area contributed by atoms with E-state index < -0.39 is 5.85 Å². The van der Waals surface area contributed by atoms with Crippen molar-refractivity contribution >= 4 is 0 Å². The zero-order chi connectivity index (χ0) is 10.3. The summed E-state index contributed by atoms with van der Waals surface area (Å²) in [4.78, 5) is 0. The molecule has 76 valence electrons. The second kappa shape index (κ2) is 2.97. The lowest BCUT2D eigenvalue weighted by Crippen LogP contribution is -2.23. The van der Waals surface area contributed by atoms with Crippen LogP contribution < -0.4 is 4.74 Å². The van der Waals surface area contributed by atoms with Crippen molar-refractivity contribution in [2.45, 2.75) is 39.5 Å². The third-order valence-electron chi connectivity index (χ3n) is 2.76. The van der Waals surface area contributed by atoms with Crippen LogP contribution in [0.4, 0.5) is 4.39 Å². The van der Waals surface area contributed by atoms with Gasteiger partial charge in [0.05, 0.1) is 0 Å². The fraction of sp³-hybridized carbons (Fsp3) is 0.500. The third-order valence-corrected chi connectivity index (χ3v) is 2.76. The zero-order valence-corrected chi connectivity index (χ0v) is 8.86. The second-order valence-electron chi connectivity index (χ2n) is 4.08. The summed E-state index contributed by atoms with van der Waals surface area (Å²) in [5.74, 6) is -0.740. The van der Waals surface area contributed by atoms with Gasteiger partial charge in [0.25, 0.3) is 0 Å². The van der Waals surface area contributed by atoms with Crippen LogP contribution >= 0.6 is 0 Å². The third kappa shape index (κ3) is 1.39. The van der Waals surface area contributed by atoms with Gasteiger partial charge in [-0.1, -0.05) is 19.1 Å². The van der Waals surface area contributed by atoms with Crippen molar-refractivity contribution in [2.75, 3.05) is 0 Å². The van der Waals surface area contributed by atoms with E-state index in [-0.39, 0.29) is 0 Å². The molecule has 1 aromatic rings. The molecule has 1 heterocycles. The number of aryl methyl sites for hydroxylation is 2. The Morgan fingerprint density at radius 1 is 1.50 bits per heavy atom. The van der Waals surface area contributed by atoms with E-state index >= 15 is 0 Å². The van der Waals surface area contributed by atoms with Gasteiger partial charge in [0.2, 0.25) is 5.85 Å². The highest BCUT2D eigenvalue weighted by Gasteiger charge is 2.36. The van der Waals surface area contributed by atoms with Crippen LogP contribution in [0.1, 0.15) is 30.5 Å². The first kappa shape index (κ1) is 9.50. The number of rotatable bonds is 1. The van der Waals surface area contributed by atoms with Crippen LogP contribution in [0.5, 0.6) is 5.75 Å². The molecule has 1 atom stereocenters. The SMILES string of the molecule is CCc1ccc(C)c2c1OC(C)(F)C2. The molecule has 2 rings (SSSR count). The smallest absolute Gasteiger partial charge is 0.249 e. The maximum Gasteiger partial charge on any atom is 0.249 e. The number of fused-ring (bicyclic) bond motifs is 1. The molecule has 0 amide bonds. The summed E-state index contributed by atoms with van der Waals surface area (Å²) in [5.41, 5.74) is 3.26. The molecule has 0 spiro atoms. The van der Waals surface area contributed by atoms with Crippen LogP contribution in [0.3, 0.4) is 0 Å². The van der Waals surface area contributed by atoms with Crippen molar-refractivity contribution < 1.29 is 9.13 Å². The van der Waals surface area contributed by atoms with Crippen LogP contribution in [-0.4, -0.2) is 5.85 Å². The number of alkyl halides is 1. The molecule has 1 aliphatic heterocycles. The van der Waals surface area contributed by atoms with Crippen molar-refractivity contribution in [1.29, 1.82) is 0 Å². The standard InChI is InChI=1S/C12H15FO/c1-4-9-6-5-8(2)10-7-12(3,13)14-11(9)10/h5-6H,4,7H2,1-3H3. The molecule has 14 heavy (non-hydrogen) atoms. The van der Waals surface area contributed by atoms with Gasteiger partial charge < -0.3 is 4.74 Å². The van der Waals surface area contributed by atoms with E-state index in [1.807, 2.05) is 19.1 Å². The minimum atomic E-state index is -1.52. The van der Waals surface area contributed by atoms with Gasteiger partial charge in [0.1, 0.15) is 5.75 Å². The van der Waals surface area contributed by atoms with E-state index in [0.717, 1.165) is 28.9 Å². The molecule has 0 aliphatic carbocycles. The second-order valence-corrected chi connectivity index (χ2v) is 4.08. The van der Waals surface area contributed by atoms with Crippen molar-refractivity contribution in [3.05, 3.63) is 28.8 Å². The Kier molecular flexibility index (Phi) is 2.02. The molecule has 2 heteroatoms. The summed E-state index contributed by atoms with van der Waals surface area (Å²) < 4.78 is 19.0. The lowest BCUT2D eigenvalue weighted by molar-refractivity contribution is -0.0240. The number of benzene rings is 1. The average molecular weight is 194 g/mol. The highest BCUT2D eigenvalue weighted by Crippen LogP contribution is 2.40. The van der Waals surface area contributed by atoms with E-state index in [0.29, 0.717) is 6.42 Å². The van der Waals surface area contributed by atoms with Crippen molar-refractivity contribution in [2.24, 2.45) is 0 Å². The van der Waals surface area contributed by atoms with Crippen molar-refractivity contribution in [3.8, 4) is 5.75 Å². The molecule has 0 bridgehead atoms. The summed E-state index contributed by atoms with van der Waals surface area (Å²) in [7, 11) is 0. The predicted octanol–water partition coefficient (Wildman–Crippen LogP) is 3.18. The minimum absolute atomic E-state index is 0.377. The van der Waals surface area contributed by atoms with Gasteiger partial charge in [-0.25, -0.2) is 0 Å². The Bertz CT molecular complexity index is 369. The van der Waals surface area contributed by atoms with Crippen LogP contribution in [0.15, 0.2) is 12.1 Å². The summed E-state index contributed by atoms with van der Waals surface area (Å²) in [5, 5.41) is 0. The van der Waals surface area contributed by atoms with E-state index in [9.17, 15) is 4.39 Å². The lowest BCUT2D eigenvalue weighted by Gasteiger charge is -2.13. The van der Waals surface area contributed by atoms with Gasteiger partial charge in [-0.3, -0.25) is 0 Å². The minimum Gasteiger partial charge on any atom is -0.457 e. The summed E-state index contributed by atoms with van der Waals surface area (Å²) in [6.07, 6.45) is 1.26. The first-order chi connectivity index (χ1) is 6.53. The molecule has 0 saturated carbocycles. The van der Waals surface area contributed by atoms with Gasteiger partial charge in [-0.15, -0.1) is 0 Å². The normalized spacial score (nSPS) is 24.6. The first-order valence-electron chi connectivity index (χ1n) is 5.03. The van der Waals surface area contributed by atoms with Crippen LogP contribution in [0.25, 0.3) is 0 Å². The molecular weight excluding hydrogens is 179 g/mol. The largest absolute Gasteiger partial charge is 0.457 e. The molecule has 0 fully saturated rings. The van der Waals surface area contributed by atoms with Gasteiger partial charge in [-0.05, 0) is 24.5 Å². The molecule has 1 nitrogen and oxygen atoms in total. The summed E-state index contributed by atoms with van der Waals surface area (Å²) in [6.45, 7) is 5.55. The van der Waals surface area contributed by atoms with Gasteiger partial charge >= 0.3 is 0 Å². The Balaban J connectivity index is 2.53. The molecular formula is C12H15FO. The Morgan fingerprint density at radius 2 is 2.21 bits per heavy atom. The lowest BCUT2D eigenvalue weighted by atomic mass is 9.99. The highest BCUT2D eigenvalue weighted by atomic mass is 19.2. The van der Waals surface area contributed by atoms with Crippen LogP contribution in [-0.2, 0) is 12.8 Å². The van der Waals surface area contributed by atoms with Crippen LogP contribution in [0, 0.1) is 6.92 Å². The fourth-order valence-electron chi connectivity index (χ4n) is 1.96. The summed E-state index contributed by atoms with van der Waals surface area (Å²) >= 11 is 0. The molecule has 0 saturated heterocycles. The zero-order valence-electron chi connectivity index (χ0n) is 8.86. The first-order valence-corrected chi connectivity index (χ1v) is 5.03. The van der Waals surface area contributed by atoms with Crippen molar-refractivity contribution in [1.82, 2.24) is 0 Å². The fourth-order valence-corrected chi connectivity index (χ4v) is 1.96. The van der Waals surface area contributed by atoms with Crippen LogP contribution in [0.2, 0.25) is 0 Å². The van der Waals surface area contributed by atoms with E-state index in [4.69, 9.17) is 4.74 Å². The van der Waals surface area contributed by atoms with E-state index in [1.165, 1.54) is 6.92 Å². The number of ether oxygens (including phenoxy) is 1. The quantitative estimate of drug-likeness (QED) is 0.667. The maximum absolute atomic E-state index is 13.7. The maximum atomic E-state index is 13.7. The molecule has 0 radical (unpaired) electrons. The summed E-state index contributed by atoms with van der Waals surface area (Å²) in [6, 6.07) is 4.07. The molecule has 1 aromatic carbocycles. The molecule has 1 unspecified atom stereocenters. The van der Waals surface area contributed by atoms with E-state index in [1.54, 1.807) is 0 Å². The monoisotopic (exact) mass is 194 g/mol. The Hall–Kier alpha value is -1.05. The predicted molar refractivity (Wildman–Crippen MR) is 54.4 cm³/mol. The topological polar surface area (TPSA) is 9.23 Å². The number of hydrogen-bond donors (Lipinski definition) is 0. The average Bonchev–Trinajstić information content (AvgIpc) is 2.42. The Morgan fingerprint density at radius 3 is 2.86 bits per heavy atom. The molecule has 0 N–H and O–H groups in total. The number of hydrogen-bond acceptors (Lipinski definition) is 1. The van der Waals surface area contributed by atoms with E-state index in [2.05, 4.69) is 6.92 Å². The van der Waals surface area contributed by atoms with Gasteiger partial charge in [0.15, 0.2) is 0 Å². The number of halogens is 1. The van der Waals surface area contributed by atoms with Gasteiger partial charge in [-0.2, -0.15) is 4.39 Å². The molecule has 1 aliphatic rings. The Labute approximate surface area is 83.9 Å².